The van der Waals surface area contributed by atoms with Crippen LogP contribution in [-0.2, 0) is 29.5 Å². The topological polar surface area (TPSA) is 104 Å². The van der Waals surface area contributed by atoms with Crippen LogP contribution in [0.1, 0.15) is 54.0 Å². The second-order valence-electron chi connectivity index (χ2n) is 9.44. The number of hydrogen-bond donors (Lipinski definition) is 1. The molecule has 0 fully saturated rings. The lowest BCUT2D eigenvalue weighted by atomic mass is 9.96. The predicted molar refractivity (Wildman–Crippen MR) is 152 cm³/mol. The van der Waals surface area contributed by atoms with Crippen LogP contribution in [0.4, 0.5) is 5.88 Å². The van der Waals surface area contributed by atoms with Gasteiger partial charge in [0.25, 0.3) is 10.0 Å². The fourth-order valence-corrected chi connectivity index (χ4v) is 5.77. The molecule has 2 aromatic heterocycles. The van der Waals surface area contributed by atoms with Crippen LogP contribution in [-0.4, -0.2) is 25.7 Å². The van der Waals surface area contributed by atoms with E-state index in [9.17, 15) is 8.42 Å². The van der Waals surface area contributed by atoms with Crippen molar-refractivity contribution in [2.24, 2.45) is 0 Å². The van der Waals surface area contributed by atoms with Crippen molar-refractivity contribution in [3.05, 3.63) is 82.3 Å². The number of nitrogens with one attached hydrogen (secondary N) is 1. The Kier molecular flexibility index (Phi) is 8.60. The first-order chi connectivity index (χ1) is 18.7. The molecule has 39 heavy (non-hydrogen) atoms. The van der Waals surface area contributed by atoms with Crippen LogP contribution in [0.5, 0.6) is 11.5 Å². The molecule has 0 aliphatic heterocycles. The second kappa shape index (κ2) is 11.9. The number of anilines is 1. The quantitative estimate of drug-likeness (QED) is 0.226. The van der Waals surface area contributed by atoms with Crippen molar-refractivity contribution in [2.45, 2.75) is 65.4 Å². The van der Waals surface area contributed by atoms with Crippen LogP contribution >= 0.6 is 0 Å². The molecule has 0 saturated heterocycles. The third-order valence-electron chi connectivity index (χ3n) is 6.67. The van der Waals surface area contributed by atoms with Gasteiger partial charge in [-0.2, -0.15) is 0 Å². The molecule has 0 aliphatic carbocycles. The first-order valence-corrected chi connectivity index (χ1v) is 14.5. The normalized spacial score (nSPS) is 11.4. The van der Waals surface area contributed by atoms with Gasteiger partial charge in [0.1, 0.15) is 6.61 Å². The molecule has 0 atom stereocenters. The van der Waals surface area contributed by atoms with E-state index in [1.54, 1.807) is 33.1 Å². The van der Waals surface area contributed by atoms with E-state index in [0.29, 0.717) is 41.3 Å². The average molecular weight is 550 g/mol. The molecule has 2 aromatic carbocycles. The summed E-state index contributed by atoms with van der Waals surface area (Å²) < 4.78 is 46.3. The number of benzene rings is 2. The van der Waals surface area contributed by atoms with Gasteiger partial charge in [0, 0.05) is 22.9 Å². The zero-order chi connectivity index (χ0) is 28.2. The van der Waals surface area contributed by atoms with Crippen molar-refractivity contribution in [1.82, 2.24) is 10.1 Å². The summed E-state index contributed by atoms with van der Waals surface area (Å²) in [5, 5.41) is 3.86. The van der Waals surface area contributed by atoms with Gasteiger partial charge in [-0.15, -0.1) is 0 Å². The van der Waals surface area contributed by atoms with Gasteiger partial charge in [0.05, 0.1) is 23.4 Å². The first kappa shape index (κ1) is 28.2. The van der Waals surface area contributed by atoms with Crippen LogP contribution in [0.25, 0.3) is 11.1 Å². The Morgan fingerprint density at radius 3 is 2.41 bits per heavy atom. The van der Waals surface area contributed by atoms with Crippen LogP contribution in [0.2, 0.25) is 0 Å². The van der Waals surface area contributed by atoms with Crippen LogP contribution in [0, 0.1) is 20.8 Å². The molecule has 2 heterocycles. The van der Waals surface area contributed by atoms with E-state index < -0.39 is 10.0 Å². The largest absolute Gasteiger partial charge is 0.491 e. The smallest absolute Gasteiger partial charge is 0.264 e. The number of sulfonamides is 1. The van der Waals surface area contributed by atoms with Crippen LogP contribution in [0.15, 0.2) is 57.9 Å². The van der Waals surface area contributed by atoms with Gasteiger partial charge in [-0.1, -0.05) is 61.8 Å². The molecule has 0 bridgehead atoms. The summed E-state index contributed by atoms with van der Waals surface area (Å²) in [6.07, 6.45) is 2.57. The molecular weight excluding hydrogens is 514 g/mol. The summed E-state index contributed by atoms with van der Waals surface area (Å²) in [4.78, 5) is 4.78. The molecule has 4 rings (SSSR count). The van der Waals surface area contributed by atoms with Gasteiger partial charge in [-0.05, 0) is 56.4 Å². The Morgan fingerprint density at radius 2 is 1.74 bits per heavy atom. The fourth-order valence-electron chi connectivity index (χ4n) is 4.50. The van der Waals surface area contributed by atoms with Crippen molar-refractivity contribution in [1.29, 1.82) is 0 Å². The summed E-state index contributed by atoms with van der Waals surface area (Å²) in [7, 11) is -2.31. The SMILES string of the molecule is CCCc1cc(OCc2ccc(-c3ccccc3S(=O)(=O)Nc3onc(C)c3C)c(CC)c2)c(OC)c(C)n1. The van der Waals surface area contributed by atoms with E-state index >= 15 is 0 Å². The van der Waals surface area contributed by atoms with E-state index in [1.165, 1.54) is 0 Å². The van der Waals surface area contributed by atoms with Gasteiger partial charge < -0.3 is 14.0 Å². The molecule has 0 spiro atoms. The number of hydrogen-bond acceptors (Lipinski definition) is 7. The fraction of sp³-hybridized carbons (Fsp3) is 0.333. The third kappa shape index (κ3) is 6.09. The summed E-state index contributed by atoms with van der Waals surface area (Å²) in [5.74, 6) is 1.41. The van der Waals surface area contributed by atoms with Crippen molar-refractivity contribution < 1.29 is 22.4 Å². The van der Waals surface area contributed by atoms with Gasteiger partial charge in [-0.25, -0.2) is 13.1 Å². The third-order valence-corrected chi connectivity index (χ3v) is 8.06. The predicted octanol–water partition coefficient (Wildman–Crippen LogP) is 6.57. The minimum atomic E-state index is -3.93. The molecule has 8 nitrogen and oxygen atoms in total. The summed E-state index contributed by atoms with van der Waals surface area (Å²) in [6, 6.07) is 14.9. The van der Waals surface area contributed by atoms with Gasteiger partial charge in [-0.3, -0.25) is 4.98 Å². The highest BCUT2D eigenvalue weighted by Crippen LogP contribution is 2.34. The highest BCUT2D eigenvalue weighted by atomic mass is 32.2. The lowest BCUT2D eigenvalue weighted by molar-refractivity contribution is 0.282. The highest BCUT2D eigenvalue weighted by Gasteiger charge is 2.23. The van der Waals surface area contributed by atoms with E-state index in [0.717, 1.165) is 40.9 Å². The second-order valence-corrected chi connectivity index (χ2v) is 11.1. The molecule has 0 amide bonds. The summed E-state index contributed by atoms with van der Waals surface area (Å²) >= 11 is 0. The lowest BCUT2D eigenvalue weighted by Gasteiger charge is -2.17. The molecule has 0 saturated carbocycles. The number of pyridine rings is 1. The Hall–Kier alpha value is -3.85. The van der Waals surface area contributed by atoms with Crippen molar-refractivity contribution in [2.75, 3.05) is 11.8 Å². The maximum absolute atomic E-state index is 13.4. The Balaban J connectivity index is 1.64. The molecular formula is C30H35N3O5S. The van der Waals surface area contributed by atoms with Crippen molar-refractivity contribution in [3.63, 3.8) is 0 Å². The minimum Gasteiger partial charge on any atom is -0.491 e. The van der Waals surface area contributed by atoms with Gasteiger partial charge in [0.2, 0.25) is 5.88 Å². The number of rotatable bonds is 11. The molecule has 0 aliphatic rings. The van der Waals surface area contributed by atoms with Crippen LogP contribution < -0.4 is 14.2 Å². The molecule has 9 heteroatoms. The number of methoxy groups -OCH3 is 1. The first-order valence-electron chi connectivity index (χ1n) is 13.0. The Bertz CT molecular complexity index is 1580. The summed E-state index contributed by atoms with van der Waals surface area (Å²) in [6.45, 7) is 9.94. The Labute approximate surface area is 230 Å². The molecule has 206 valence electrons. The minimum absolute atomic E-state index is 0.120. The zero-order valence-electron chi connectivity index (χ0n) is 23.3. The monoisotopic (exact) mass is 549 g/mol. The number of nitrogens with zero attached hydrogens (tertiary/aromatic N) is 2. The van der Waals surface area contributed by atoms with Crippen molar-refractivity contribution in [3.8, 4) is 22.6 Å². The molecule has 0 radical (unpaired) electrons. The highest BCUT2D eigenvalue weighted by molar-refractivity contribution is 7.92. The van der Waals surface area contributed by atoms with Gasteiger partial charge >= 0.3 is 0 Å². The number of aryl methyl sites for hydroxylation is 4. The Morgan fingerprint density at radius 1 is 0.974 bits per heavy atom. The van der Waals surface area contributed by atoms with Crippen LogP contribution in [0.3, 0.4) is 0 Å². The van der Waals surface area contributed by atoms with E-state index in [2.05, 4.69) is 27.9 Å². The van der Waals surface area contributed by atoms with Gasteiger partial charge in [0.15, 0.2) is 11.5 Å². The maximum atomic E-state index is 13.4. The maximum Gasteiger partial charge on any atom is 0.264 e. The molecule has 1 N–H and O–H groups in total. The number of aromatic nitrogens is 2. The van der Waals surface area contributed by atoms with Crippen molar-refractivity contribution >= 4 is 15.9 Å². The summed E-state index contributed by atoms with van der Waals surface area (Å²) in [5.41, 5.74) is 6.48. The van der Waals surface area contributed by atoms with E-state index in [-0.39, 0.29) is 10.8 Å². The zero-order valence-corrected chi connectivity index (χ0v) is 24.1. The number of ether oxygens (including phenoxy) is 2. The molecule has 4 aromatic rings. The molecule has 0 unspecified atom stereocenters. The lowest BCUT2D eigenvalue weighted by Crippen LogP contribution is -2.14. The van der Waals surface area contributed by atoms with E-state index in [1.807, 2.05) is 44.2 Å². The van der Waals surface area contributed by atoms with E-state index in [4.69, 9.17) is 14.0 Å². The average Bonchev–Trinajstić information content (AvgIpc) is 3.23. The standard InChI is InChI=1S/C30H35N3O5S/c1-7-11-24-17-27(29(36-6)21(5)31-24)37-18-22-14-15-25(23(8-2)16-22)26-12-9-10-13-28(26)39(34,35)33-30-19(3)20(4)32-38-30/h9-10,12-17,33H,7-8,11,18H2,1-6H3.